The van der Waals surface area contributed by atoms with Gasteiger partial charge in [-0.1, -0.05) is 390 Å². The van der Waals surface area contributed by atoms with Crippen molar-refractivity contribution in [1.29, 1.82) is 0 Å². The second-order valence-corrected chi connectivity index (χ2v) is 30.6. The van der Waals surface area contributed by atoms with Crippen LogP contribution in [0.4, 0.5) is 0 Å². The first-order chi connectivity index (χ1) is 44.5. The van der Waals surface area contributed by atoms with Crippen LogP contribution in [-0.2, 0) is 18.4 Å². The number of nitrogens with one attached hydrogen (secondary N) is 1. The number of phosphoric ester groups is 1. The average molecular weight is 1300 g/mol. The molecule has 0 aliphatic rings. The number of aliphatic hydroxyl groups is 1. The summed E-state index contributed by atoms with van der Waals surface area (Å²) in [5.41, 5.74) is 0. The topological polar surface area (TPSA) is 105 Å². The van der Waals surface area contributed by atoms with Crippen molar-refractivity contribution in [3.8, 4) is 0 Å². The number of carbonyl (C=O) groups is 1. The third-order valence-corrected chi connectivity index (χ3v) is 19.7. The Morgan fingerprint density at radius 1 is 0.363 bits per heavy atom. The molecule has 0 rings (SSSR count). The van der Waals surface area contributed by atoms with Crippen molar-refractivity contribution in [2.45, 2.75) is 431 Å². The highest BCUT2D eigenvalue weighted by molar-refractivity contribution is 7.47. The fourth-order valence-electron chi connectivity index (χ4n) is 12.5. The molecule has 0 aliphatic carbocycles. The van der Waals surface area contributed by atoms with E-state index in [4.69, 9.17) is 9.05 Å². The third kappa shape index (κ3) is 75.7. The lowest BCUT2D eigenvalue weighted by Gasteiger charge is -2.25. The van der Waals surface area contributed by atoms with Gasteiger partial charge < -0.3 is 19.8 Å². The number of rotatable bonds is 76. The maximum atomic E-state index is 13.1. The Balaban J connectivity index is 3.97. The van der Waals surface area contributed by atoms with Crippen LogP contribution in [0.15, 0.2) is 48.6 Å². The summed E-state index contributed by atoms with van der Waals surface area (Å²) in [7, 11) is 1.56. The Labute approximate surface area is 569 Å². The summed E-state index contributed by atoms with van der Waals surface area (Å²) in [6.45, 7) is 4.85. The first-order valence-electron chi connectivity index (χ1n) is 40.5. The van der Waals surface area contributed by atoms with Gasteiger partial charge in [0.15, 0.2) is 0 Å². The van der Waals surface area contributed by atoms with Gasteiger partial charge in [-0.05, 0) is 70.6 Å². The molecular formula is C82H160N2O6P+. The molecule has 0 bridgehead atoms. The zero-order valence-electron chi connectivity index (χ0n) is 61.9. The molecule has 1 amide bonds. The molecule has 0 spiro atoms. The van der Waals surface area contributed by atoms with Crippen molar-refractivity contribution in [2.24, 2.45) is 0 Å². The number of hydrogen-bond acceptors (Lipinski definition) is 5. The Morgan fingerprint density at radius 2 is 0.604 bits per heavy atom. The highest BCUT2D eigenvalue weighted by Crippen LogP contribution is 2.43. The molecule has 0 aromatic heterocycles. The summed E-state index contributed by atoms with van der Waals surface area (Å²) < 4.78 is 23.9. The molecular weight excluding hydrogens is 1140 g/mol. The predicted octanol–water partition coefficient (Wildman–Crippen LogP) is 26.5. The molecule has 0 saturated heterocycles. The Kier molecular flexibility index (Phi) is 71.5. The quantitative estimate of drug-likeness (QED) is 0.0243. The van der Waals surface area contributed by atoms with E-state index < -0.39 is 20.0 Å². The molecule has 0 aromatic rings. The van der Waals surface area contributed by atoms with E-state index in [1.165, 1.54) is 353 Å². The number of allylic oxidation sites excluding steroid dienone is 7. The smallest absolute Gasteiger partial charge is 0.387 e. The van der Waals surface area contributed by atoms with E-state index in [2.05, 4.69) is 55.6 Å². The van der Waals surface area contributed by atoms with Gasteiger partial charge >= 0.3 is 7.82 Å². The number of carbonyl (C=O) groups excluding carboxylic acids is 1. The van der Waals surface area contributed by atoms with Crippen molar-refractivity contribution in [3.63, 3.8) is 0 Å². The van der Waals surface area contributed by atoms with Gasteiger partial charge in [0, 0.05) is 6.42 Å². The van der Waals surface area contributed by atoms with Crippen molar-refractivity contribution < 1.29 is 32.9 Å². The van der Waals surface area contributed by atoms with E-state index >= 15 is 0 Å². The molecule has 8 nitrogen and oxygen atoms in total. The van der Waals surface area contributed by atoms with Crippen LogP contribution in [0.2, 0.25) is 0 Å². The lowest BCUT2D eigenvalue weighted by Crippen LogP contribution is -2.45. The van der Waals surface area contributed by atoms with Gasteiger partial charge in [0.25, 0.3) is 0 Å². The van der Waals surface area contributed by atoms with Crippen LogP contribution in [0, 0.1) is 0 Å². The molecule has 0 aliphatic heterocycles. The predicted molar refractivity (Wildman–Crippen MR) is 401 cm³/mol. The SMILES string of the molecule is CCCCCCCCCC/C=C\CCCCCCCCCCCCCCCCCCCCCCCCCCCCCC(=O)NC(COP(=O)(O)OCC[N+](C)(C)C)C(O)/C=C/CC/C=C/CC/C=C/CCCCCCCCCCCCCCCCCCCCCC. The minimum absolute atomic E-state index is 0.0549. The lowest BCUT2D eigenvalue weighted by atomic mass is 10.0. The standard InChI is InChI=1S/C82H159N2O6P/c1-6-8-10-12-14-16-18-20-22-24-26-28-30-32-34-36-38-39-40-41-42-43-44-45-46-48-50-52-54-56-58-60-62-64-66-68-70-72-74-76-82(86)83-80(79-90-91(87,88)89-78-77-84(3,4)5)81(85)75-73-71-69-67-65-63-61-59-57-55-53-51-49-47-37-35-33-31-29-27-25-23-21-19-17-15-13-11-9-7-2/h24,26,57,59,65,67,73,75,80-81,85H,6-23,25,27-56,58,60-64,66,68-72,74,76-79H2,1-5H3,(H-,83,86,87,88)/p+1/b26-24-,59-57+,67-65+,75-73+. The molecule has 0 heterocycles. The second kappa shape index (κ2) is 72.7. The molecule has 91 heavy (non-hydrogen) atoms. The van der Waals surface area contributed by atoms with Crippen molar-refractivity contribution in [2.75, 3.05) is 40.9 Å². The van der Waals surface area contributed by atoms with Crippen molar-refractivity contribution >= 4 is 13.7 Å². The molecule has 0 fully saturated rings. The minimum Gasteiger partial charge on any atom is -0.387 e. The average Bonchev–Trinajstić information content (AvgIpc) is 3.58. The van der Waals surface area contributed by atoms with Gasteiger partial charge in [0.05, 0.1) is 39.9 Å². The monoisotopic (exact) mass is 1300 g/mol. The molecule has 538 valence electrons. The fourth-order valence-corrected chi connectivity index (χ4v) is 13.2. The number of amides is 1. The highest BCUT2D eigenvalue weighted by Gasteiger charge is 2.28. The van der Waals surface area contributed by atoms with E-state index in [1.54, 1.807) is 6.08 Å². The maximum Gasteiger partial charge on any atom is 0.472 e. The zero-order valence-corrected chi connectivity index (χ0v) is 62.8. The number of likely N-dealkylation sites (N-methyl/N-ethyl adjacent to an activating group) is 1. The summed E-state index contributed by atoms with van der Waals surface area (Å²) in [6.07, 6.45) is 100. The normalized spacial score (nSPS) is 13.7. The van der Waals surface area contributed by atoms with Crippen LogP contribution in [0.1, 0.15) is 418 Å². The van der Waals surface area contributed by atoms with Crippen LogP contribution < -0.4 is 5.32 Å². The van der Waals surface area contributed by atoms with Crippen LogP contribution in [0.25, 0.3) is 0 Å². The van der Waals surface area contributed by atoms with Gasteiger partial charge in [-0.25, -0.2) is 4.57 Å². The van der Waals surface area contributed by atoms with Gasteiger partial charge in [-0.2, -0.15) is 0 Å². The Hall–Kier alpha value is -1.54. The van der Waals surface area contributed by atoms with Gasteiger partial charge in [0.2, 0.25) is 5.91 Å². The van der Waals surface area contributed by atoms with Crippen LogP contribution in [0.3, 0.4) is 0 Å². The summed E-state index contributed by atoms with van der Waals surface area (Å²) in [4.78, 5) is 23.5. The van der Waals surface area contributed by atoms with E-state index in [-0.39, 0.29) is 19.1 Å². The Bertz CT molecular complexity index is 1630. The molecule has 0 radical (unpaired) electrons. The number of quaternary nitrogens is 1. The number of hydrogen-bond donors (Lipinski definition) is 3. The van der Waals surface area contributed by atoms with E-state index in [1.807, 2.05) is 27.2 Å². The summed E-state index contributed by atoms with van der Waals surface area (Å²) in [5.74, 6) is -0.182. The minimum atomic E-state index is -4.37. The van der Waals surface area contributed by atoms with Crippen LogP contribution >= 0.6 is 7.82 Å². The van der Waals surface area contributed by atoms with Crippen molar-refractivity contribution in [3.05, 3.63) is 48.6 Å². The van der Waals surface area contributed by atoms with Gasteiger partial charge in [0.1, 0.15) is 13.2 Å². The number of phosphoric acid groups is 1. The first-order valence-corrected chi connectivity index (χ1v) is 42.0. The first kappa shape index (κ1) is 89.5. The van der Waals surface area contributed by atoms with E-state index in [0.29, 0.717) is 17.4 Å². The molecule has 3 atom stereocenters. The summed E-state index contributed by atoms with van der Waals surface area (Å²) in [6, 6.07) is -0.871. The van der Waals surface area contributed by atoms with Gasteiger partial charge in [-0.15, -0.1) is 0 Å². The van der Waals surface area contributed by atoms with Crippen molar-refractivity contribution in [1.82, 2.24) is 5.32 Å². The number of unbranched alkanes of at least 4 members (excludes halogenated alkanes) is 57. The maximum absolute atomic E-state index is 13.1. The molecule has 0 aromatic carbocycles. The molecule has 9 heteroatoms. The summed E-state index contributed by atoms with van der Waals surface area (Å²) >= 11 is 0. The Morgan fingerprint density at radius 3 is 0.879 bits per heavy atom. The third-order valence-electron chi connectivity index (χ3n) is 18.7. The molecule has 3 unspecified atom stereocenters. The van der Waals surface area contributed by atoms with Gasteiger partial charge in [-0.3, -0.25) is 13.8 Å². The van der Waals surface area contributed by atoms with Crippen LogP contribution in [0.5, 0.6) is 0 Å². The molecule has 0 saturated carbocycles. The fraction of sp³-hybridized carbons (Fsp3) is 0.890. The summed E-state index contributed by atoms with van der Waals surface area (Å²) in [5, 5.41) is 14.0. The number of nitrogens with zero attached hydrogens (tertiary/aromatic N) is 1. The zero-order chi connectivity index (χ0) is 66.2. The number of aliphatic hydroxyl groups excluding tert-OH is 1. The van der Waals surface area contributed by atoms with E-state index in [0.717, 1.165) is 44.9 Å². The van der Waals surface area contributed by atoms with E-state index in [9.17, 15) is 19.4 Å². The lowest BCUT2D eigenvalue weighted by molar-refractivity contribution is -0.870. The van der Waals surface area contributed by atoms with Crippen LogP contribution in [-0.4, -0.2) is 73.4 Å². The second-order valence-electron chi connectivity index (χ2n) is 29.1. The molecule has 3 N–H and O–H groups in total. The largest absolute Gasteiger partial charge is 0.472 e. The highest BCUT2D eigenvalue weighted by atomic mass is 31.2.